The molecule has 1 amide bonds. The molecule has 1 saturated heterocycles. The van der Waals surface area contributed by atoms with Crippen molar-refractivity contribution >= 4 is 6.09 Å². The van der Waals surface area contributed by atoms with Gasteiger partial charge < -0.3 is 4.74 Å². The first-order valence-electron chi connectivity index (χ1n) is 4.90. The average molecular weight is 201 g/mol. The SMILES string of the molecule is CC(C)(C)OC(=O)N1CCCC1NN. The molecule has 1 rings (SSSR count). The van der Waals surface area contributed by atoms with E-state index in [1.165, 1.54) is 0 Å². The molecule has 0 aliphatic carbocycles. The van der Waals surface area contributed by atoms with E-state index in [4.69, 9.17) is 10.6 Å². The lowest BCUT2D eigenvalue weighted by atomic mass is 10.2. The van der Waals surface area contributed by atoms with Gasteiger partial charge in [-0.2, -0.15) is 0 Å². The van der Waals surface area contributed by atoms with E-state index >= 15 is 0 Å². The van der Waals surface area contributed by atoms with Crippen molar-refractivity contribution in [3.63, 3.8) is 0 Å². The summed E-state index contributed by atoms with van der Waals surface area (Å²) in [6, 6.07) is 0. The van der Waals surface area contributed by atoms with Crippen molar-refractivity contribution in [2.45, 2.75) is 45.4 Å². The molecule has 1 unspecified atom stereocenters. The minimum Gasteiger partial charge on any atom is -0.444 e. The van der Waals surface area contributed by atoms with Gasteiger partial charge in [-0.15, -0.1) is 0 Å². The Morgan fingerprint density at radius 1 is 1.57 bits per heavy atom. The van der Waals surface area contributed by atoms with Crippen LogP contribution in [0.25, 0.3) is 0 Å². The number of ether oxygens (including phenoxy) is 1. The highest BCUT2D eigenvalue weighted by atomic mass is 16.6. The van der Waals surface area contributed by atoms with Crippen LogP contribution in [0.15, 0.2) is 0 Å². The van der Waals surface area contributed by atoms with Crippen molar-refractivity contribution in [1.82, 2.24) is 10.3 Å². The van der Waals surface area contributed by atoms with Crippen LogP contribution in [0, 0.1) is 0 Å². The van der Waals surface area contributed by atoms with E-state index in [-0.39, 0.29) is 12.3 Å². The van der Waals surface area contributed by atoms with Crippen LogP contribution in [0.1, 0.15) is 33.6 Å². The van der Waals surface area contributed by atoms with Crippen molar-refractivity contribution in [3.05, 3.63) is 0 Å². The molecule has 1 aliphatic heterocycles. The molecule has 1 heterocycles. The molecule has 0 aromatic rings. The first-order valence-corrected chi connectivity index (χ1v) is 4.90. The van der Waals surface area contributed by atoms with Crippen LogP contribution >= 0.6 is 0 Å². The van der Waals surface area contributed by atoms with E-state index in [2.05, 4.69) is 5.43 Å². The van der Waals surface area contributed by atoms with Gasteiger partial charge in [-0.05, 0) is 33.6 Å². The largest absolute Gasteiger partial charge is 0.444 e. The summed E-state index contributed by atoms with van der Waals surface area (Å²) in [7, 11) is 0. The Balaban J connectivity index is 2.52. The first-order chi connectivity index (χ1) is 6.44. The van der Waals surface area contributed by atoms with E-state index in [0.29, 0.717) is 6.54 Å². The van der Waals surface area contributed by atoms with Crippen LogP contribution in [-0.2, 0) is 4.74 Å². The van der Waals surface area contributed by atoms with Gasteiger partial charge in [0, 0.05) is 6.54 Å². The lowest BCUT2D eigenvalue weighted by Crippen LogP contribution is -2.49. The Morgan fingerprint density at radius 2 is 2.21 bits per heavy atom. The Labute approximate surface area is 84.5 Å². The summed E-state index contributed by atoms with van der Waals surface area (Å²) >= 11 is 0. The average Bonchev–Trinajstić information content (AvgIpc) is 2.47. The van der Waals surface area contributed by atoms with E-state index < -0.39 is 5.60 Å². The predicted molar refractivity (Wildman–Crippen MR) is 53.3 cm³/mol. The summed E-state index contributed by atoms with van der Waals surface area (Å²) in [5.74, 6) is 5.33. The molecule has 0 aromatic heterocycles. The predicted octanol–water partition coefficient (Wildman–Crippen LogP) is 0.807. The molecular formula is C9H19N3O2. The van der Waals surface area contributed by atoms with Gasteiger partial charge in [-0.3, -0.25) is 10.7 Å². The van der Waals surface area contributed by atoms with E-state index in [0.717, 1.165) is 12.8 Å². The Hall–Kier alpha value is -0.810. The molecule has 3 N–H and O–H groups in total. The number of hydrogen-bond donors (Lipinski definition) is 2. The Morgan fingerprint density at radius 3 is 2.71 bits per heavy atom. The monoisotopic (exact) mass is 201 g/mol. The second kappa shape index (κ2) is 4.14. The number of hydrazine groups is 1. The number of carbonyl (C=O) groups is 1. The fourth-order valence-electron chi connectivity index (χ4n) is 1.48. The molecule has 0 spiro atoms. The van der Waals surface area contributed by atoms with Gasteiger partial charge >= 0.3 is 6.09 Å². The van der Waals surface area contributed by atoms with Gasteiger partial charge in [-0.25, -0.2) is 10.2 Å². The third-order valence-electron chi connectivity index (χ3n) is 2.07. The highest BCUT2D eigenvalue weighted by Crippen LogP contribution is 2.18. The highest BCUT2D eigenvalue weighted by Gasteiger charge is 2.31. The molecule has 5 heteroatoms. The number of nitrogens with two attached hydrogens (primary N) is 1. The van der Waals surface area contributed by atoms with Crippen molar-refractivity contribution in [1.29, 1.82) is 0 Å². The van der Waals surface area contributed by atoms with Crippen LogP contribution in [0.5, 0.6) is 0 Å². The molecule has 82 valence electrons. The van der Waals surface area contributed by atoms with Crippen molar-refractivity contribution in [2.24, 2.45) is 5.84 Å². The maximum absolute atomic E-state index is 11.6. The molecule has 1 aliphatic rings. The molecule has 1 atom stereocenters. The number of likely N-dealkylation sites (tertiary alicyclic amines) is 1. The minimum absolute atomic E-state index is 0.0788. The summed E-state index contributed by atoms with van der Waals surface area (Å²) in [5.41, 5.74) is 2.16. The van der Waals surface area contributed by atoms with Crippen LogP contribution < -0.4 is 11.3 Å². The molecule has 0 bridgehead atoms. The molecule has 0 aromatic carbocycles. The fraction of sp³-hybridized carbons (Fsp3) is 0.889. The van der Waals surface area contributed by atoms with E-state index in [9.17, 15) is 4.79 Å². The third kappa shape index (κ3) is 2.85. The van der Waals surface area contributed by atoms with Gasteiger partial charge in [-0.1, -0.05) is 0 Å². The normalized spacial score (nSPS) is 22.6. The zero-order valence-corrected chi connectivity index (χ0v) is 9.04. The number of hydrogen-bond acceptors (Lipinski definition) is 4. The molecule has 0 radical (unpaired) electrons. The van der Waals surface area contributed by atoms with Crippen molar-refractivity contribution < 1.29 is 9.53 Å². The summed E-state index contributed by atoms with van der Waals surface area (Å²) in [6.45, 7) is 6.27. The second-order valence-electron chi connectivity index (χ2n) is 4.50. The highest BCUT2D eigenvalue weighted by molar-refractivity contribution is 5.68. The van der Waals surface area contributed by atoms with E-state index in [1.54, 1.807) is 4.90 Å². The van der Waals surface area contributed by atoms with Gasteiger partial charge in [0.25, 0.3) is 0 Å². The molecule has 1 fully saturated rings. The van der Waals surface area contributed by atoms with Crippen LogP contribution in [0.4, 0.5) is 4.79 Å². The summed E-state index contributed by atoms with van der Waals surface area (Å²) in [6.07, 6.45) is 1.48. The van der Waals surface area contributed by atoms with Gasteiger partial charge in [0.1, 0.15) is 5.60 Å². The zero-order chi connectivity index (χ0) is 10.8. The van der Waals surface area contributed by atoms with Crippen molar-refractivity contribution in [3.8, 4) is 0 Å². The molecule has 0 saturated carbocycles. The number of rotatable bonds is 1. The topological polar surface area (TPSA) is 67.6 Å². The lowest BCUT2D eigenvalue weighted by molar-refractivity contribution is 0.0200. The zero-order valence-electron chi connectivity index (χ0n) is 9.04. The molecular weight excluding hydrogens is 182 g/mol. The van der Waals surface area contributed by atoms with Crippen LogP contribution in [-0.4, -0.2) is 29.3 Å². The number of carbonyl (C=O) groups excluding carboxylic acids is 1. The lowest BCUT2D eigenvalue weighted by Gasteiger charge is -2.28. The fourth-order valence-corrected chi connectivity index (χ4v) is 1.48. The molecule has 5 nitrogen and oxygen atoms in total. The maximum Gasteiger partial charge on any atom is 0.411 e. The van der Waals surface area contributed by atoms with Gasteiger partial charge in [0.15, 0.2) is 0 Å². The first kappa shape index (κ1) is 11.3. The number of nitrogens with zero attached hydrogens (tertiary/aromatic N) is 1. The standard InChI is InChI=1S/C9H19N3O2/c1-9(2,3)14-8(13)12-6-4-5-7(12)11-10/h7,11H,4-6,10H2,1-3H3. The summed E-state index contributed by atoms with van der Waals surface area (Å²) in [5, 5.41) is 0. The van der Waals surface area contributed by atoms with Gasteiger partial charge in [0.05, 0.1) is 6.17 Å². The van der Waals surface area contributed by atoms with Gasteiger partial charge in [0.2, 0.25) is 0 Å². The summed E-state index contributed by atoms with van der Waals surface area (Å²) in [4.78, 5) is 13.3. The smallest absolute Gasteiger partial charge is 0.411 e. The quantitative estimate of drug-likeness (QED) is 0.486. The van der Waals surface area contributed by atoms with Crippen LogP contribution in [0.2, 0.25) is 0 Å². The second-order valence-corrected chi connectivity index (χ2v) is 4.50. The van der Waals surface area contributed by atoms with Crippen molar-refractivity contribution in [2.75, 3.05) is 6.54 Å². The van der Waals surface area contributed by atoms with Crippen LogP contribution in [0.3, 0.4) is 0 Å². The minimum atomic E-state index is -0.446. The number of amides is 1. The third-order valence-corrected chi connectivity index (χ3v) is 2.07. The summed E-state index contributed by atoms with van der Waals surface area (Å²) < 4.78 is 5.25. The molecule has 14 heavy (non-hydrogen) atoms. The number of nitrogens with one attached hydrogen (secondary N) is 1. The Bertz CT molecular complexity index is 213. The maximum atomic E-state index is 11.6. The van der Waals surface area contributed by atoms with E-state index in [1.807, 2.05) is 20.8 Å². The Kier molecular flexibility index (Phi) is 3.34.